The molecule has 6 nitrogen and oxygen atoms in total. The van der Waals surface area contributed by atoms with Crippen LogP contribution in [-0.2, 0) is 6.18 Å². The third kappa shape index (κ3) is 3.92. The van der Waals surface area contributed by atoms with Crippen LogP contribution in [0, 0.1) is 0 Å². The summed E-state index contributed by atoms with van der Waals surface area (Å²) in [7, 11) is 0. The number of hydrogen-bond donors (Lipinski definition) is 2. The van der Waals surface area contributed by atoms with Gasteiger partial charge in [0.1, 0.15) is 5.56 Å². The summed E-state index contributed by atoms with van der Waals surface area (Å²) in [5.74, 6) is -0.392. The van der Waals surface area contributed by atoms with Crippen molar-refractivity contribution in [1.82, 2.24) is 10.1 Å². The van der Waals surface area contributed by atoms with Crippen LogP contribution in [0.15, 0.2) is 65.4 Å². The van der Waals surface area contributed by atoms with E-state index in [1.165, 1.54) is 24.4 Å². The molecule has 0 bridgehead atoms. The van der Waals surface area contributed by atoms with Gasteiger partial charge in [0, 0.05) is 11.9 Å². The number of pyridine rings is 1. The topological polar surface area (TPSA) is 80.0 Å². The van der Waals surface area contributed by atoms with Gasteiger partial charge in [-0.2, -0.15) is 13.2 Å². The van der Waals surface area contributed by atoms with Gasteiger partial charge in [-0.25, -0.2) is 0 Å². The van der Waals surface area contributed by atoms with Crippen LogP contribution in [-0.4, -0.2) is 16.0 Å². The number of aromatic nitrogens is 2. The maximum atomic E-state index is 12.9. The molecular weight excluding hydrogens is 421 g/mol. The third-order valence-electron chi connectivity index (χ3n) is 4.19. The summed E-state index contributed by atoms with van der Waals surface area (Å²) in [6, 6.07) is 11.0. The molecule has 2 heterocycles. The van der Waals surface area contributed by atoms with E-state index in [0.29, 0.717) is 11.1 Å². The fourth-order valence-corrected chi connectivity index (χ4v) is 3.06. The van der Waals surface area contributed by atoms with Gasteiger partial charge in [-0.3, -0.25) is 9.78 Å². The Bertz CT molecular complexity index is 1230. The van der Waals surface area contributed by atoms with Gasteiger partial charge in [-0.15, -0.1) is 0 Å². The molecule has 0 aliphatic carbocycles. The molecule has 30 heavy (non-hydrogen) atoms. The third-order valence-corrected chi connectivity index (χ3v) is 4.50. The molecule has 152 valence electrons. The predicted octanol–water partition coefficient (Wildman–Crippen LogP) is 5.89. The molecule has 0 radical (unpaired) electrons. The maximum absolute atomic E-state index is 12.9. The second-order valence-corrected chi connectivity index (χ2v) is 6.64. The predicted molar refractivity (Wildman–Crippen MR) is 106 cm³/mol. The van der Waals surface area contributed by atoms with Crippen LogP contribution in [0.2, 0.25) is 5.02 Å². The first kappa shape index (κ1) is 19.7. The van der Waals surface area contributed by atoms with Gasteiger partial charge in [0.15, 0.2) is 11.4 Å². The van der Waals surface area contributed by atoms with Crippen molar-refractivity contribution in [3.8, 4) is 0 Å². The van der Waals surface area contributed by atoms with Gasteiger partial charge < -0.3 is 15.2 Å². The molecule has 0 aliphatic rings. The Morgan fingerprint density at radius 1 is 1.07 bits per heavy atom. The molecule has 10 heteroatoms. The molecule has 2 N–H and O–H groups in total. The van der Waals surface area contributed by atoms with E-state index in [1.807, 2.05) is 0 Å². The number of nitrogens with one attached hydrogen (secondary N) is 2. The maximum Gasteiger partial charge on any atom is 0.416 e. The first-order valence-electron chi connectivity index (χ1n) is 8.56. The van der Waals surface area contributed by atoms with Crippen LogP contribution in [0.4, 0.5) is 30.4 Å². The smallest absolute Gasteiger partial charge is 0.353 e. The van der Waals surface area contributed by atoms with E-state index in [0.717, 1.165) is 12.1 Å². The molecule has 2 aromatic carbocycles. The number of carbonyl (C=O) groups excluding carboxylic acids is 1. The Morgan fingerprint density at radius 2 is 1.87 bits per heavy atom. The SMILES string of the molecule is O=C(Nc1cccnc1)c1c(Cl)ccc2c(Nc3cccc(C(F)(F)F)c3)noc12. The van der Waals surface area contributed by atoms with Gasteiger partial charge in [-0.05, 0) is 42.5 Å². The lowest BCUT2D eigenvalue weighted by atomic mass is 10.1. The second kappa shape index (κ2) is 7.68. The fraction of sp³-hybridized carbons (Fsp3) is 0.0500. The van der Waals surface area contributed by atoms with Crippen molar-refractivity contribution in [2.75, 3.05) is 10.6 Å². The Morgan fingerprint density at radius 3 is 2.60 bits per heavy atom. The monoisotopic (exact) mass is 432 g/mol. The Kier molecular flexibility index (Phi) is 5.04. The van der Waals surface area contributed by atoms with Crippen LogP contribution >= 0.6 is 11.6 Å². The summed E-state index contributed by atoms with van der Waals surface area (Å²) in [4.78, 5) is 16.6. The lowest BCUT2D eigenvalue weighted by Crippen LogP contribution is -2.13. The lowest BCUT2D eigenvalue weighted by Gasteiger charge is -2.09. The Hall–Kier alpha value is -3.59. The second-order valence-electron chi connectivity index (χ2n) is 6.23. The lowest BCUT2D eigenvalue weighted by molar-refractivity contribution is -0.137. The van der Waals surface area contributed by atoms with Gasteiger partial charge in [0.25, 0.3) is 5.91 Å². The molecule has 2 aromatic heterocycles. The molecular formula is C20H12ClF3N4O2. The fourth-order valence-electron chi connectivity index (χ4n) is 2.82. The minimum Gasteiger partial charge on any atom is -0.353 e. The van der Waals surface area contributed by atoms with Gasteiger partial charge >= 0.3 is 6.18 Å². The van der Waals surface area contributed by atoms with Gasteiger partial charge in [0.05, 0.1) is 27.9 Å². The summed E-state index contributed by atoms with van der Waals surface area (Å²) < 4.78 is 44.1. The van der Waals surface area contributed by atoms with Crippen LogP contribution in [0.3, 0.4) is 0 Å². The van der Waals surface area contributed by atoms with Crippen molar-refractivity contribution in [1.29, 1.82) is 0 Å². The highest BCUT2D eigenvalue weighted by atomic mass is 35.5. The zero-order valence-corrected chi connectivity index (χ0v) is 15.8. The molecule has 0 atom stereocenters. The summed E-state index contributed by atoms with van der Waals surface area (Å²) in [5.41, 5.74) is -0.0467. The molecule has 4 rings (SSSR count). The summed E-state index contributed by atoms with van der Waals surface area (Å²) >= 11 is 6.20. The van der Waals surface area contributed by atoms with E-state index in [1.54, 1.807) is 24.4 Å². The van der Waals surface area contributed by atoms with Crippen molar-refractivity contribution in [2.45, 2.75) is 6.18 Å². The summed E-state index contributed by atoms with van der Waals surface area (Å²) in [6.45, 7) is 0. The minimum atomic E-state index is -4.48. The highest BCUT2D eigenvalue weighted by Gasteiger charge is 2.30. The molecule has 1 amide bonds. The largest absolute Gasteiger partial charge is 0.416 e. The molecule has 0 spiro atoms. The van der Waals surface area contributed by atoms with Crippen LogP contribution < -0.4 is 10.6 Å². The molecule has 0 fully saturated rings. The number of nitrogens with zero attached hydrogens (tertiary/aromatic N) is 2. The van der Waals surface area contributed by atoms with Crippen LogP contribution in [0.25, 0.3) is 11.0 Å². The van der Waals surface area contributed by atoms with Crippen LogP contribution in [0.1, 0.15) is 15.9 Å². The number of amides is 1. The van der Waals surface area contributed by atoms with Crippen molar-refractivity contribution in [3.05, 3.63) is 77.1 Å². The van der Waals surface area contributed by atoms with Crippen molar-refractivity contribution in [3.63, 3.8) is 0 Å². The van der Waals surface area contributed by atoms with Gasteiger partial charge in [0.2, 0.25) is 0 Å². The van der Waals surface area contributed by atoms with E-state index < -0.39 is 17.6 Å². The first-order chi connectivity index (χ1) is 14.3. The zero-order valence-electron chi connectivity index (χ0n) is 15.0. The standard InChI is InChI=1S/C20H12ClF3N4O2/c21-15-7-6-14-17(16(15)19(29)27-13-5-2-8-25-10-13)30-28-18(14)26-12-4-1-3-11(9-12)20(22,23)24/h1-10H,(H,26,28)(H,27,29). The number of fused-ring (bicyclic) bond motifs is 1. The minimum absolute atomic E-state index is 0.0441. The summed E-state index contributed by atoms with van der Waals surface area (Å²) in [6.07, 6.45) is -1.45. The number of hydrogen-bond acceptors (Lipinski definition) is 5. The molecule has 0 saturated heterocycles. The van der Waals surface area contributed by atoms with Gasteiger partial charge in [-0.1, -0.05) is 22.8 Å². The molecule has 4 aromatic rings. The highest BCUT2D eigenvalue weighted by molar-refractivity contribution is 6.36. The zero-order chi connectivity index (χ0) is 21.3. The molecule has 0 aliphatic heterocycles. The average molecular weight is 433 g/mol. The normalized spacial score (nSPS) is 11.5. The number of alkyl halides is 3. The van der Waals surface area contributed by atoms with E-state index in [4.69, 9.17) is 16.1 Å². The molecule has 0 unspecified atom stereocenters. The Labute approximate surface area is 172 Å². The highest BCUT2D eigenvalue weighted by Crippen LogP contribution is 2.34. The van der Waals surface area contributed by atoms with Crippen molar-refractivity contribution < 1.29 is 22.5 Å². The number of benzene rings is 2. The molecule has 0 saturated carbocycles. The first-order valence-corrected chi connectivity index (χ1v) is 8.94. The van der Waals surface area contributed by atoms with Crippen LogP contribution in [0.5, 0.6) is 0 Å². The average Bonchev–Trinajstić information content (AvgIpc) is 3.10. The number of anilines is 3. The van der Waals surface area contributed by atoms with E-state index in [2.05, 4.69) is 20.8 Å². The Balaban J connectivity index is 1.68. The number of carbonyl (C=O) groups is 1. The van der Waals surface area contributed by atoms with Crippen molar-refractivity contribution in [2.24, 2.45) is 0 Å². The number of halogens is 4. The van der Waals surface area contributed by atoms with Crippen molar-refractivity contribution >= 4 is 45.7 Å². The van der Waals surface area contributed by atoms with E-state index in [-0.39, 0.29) is 27.7 Å². The number of rotatable bonds is 4. The van der Waals surface area contributed by atoms with E-state index >= 15 is 0 Å². The van der Waals surface area contributed by atoms with E-state index in [9.17, 15) is 18.0 Å². The summed E-state index contributed by atoms with van der Waals surface area (Å²) in [5, 5.41) is 9.81. The quantitative estimate of drug-likeness (QED) is 0.420.